The molecule has 1 aromatic rings. The van der Waals surface area contributed by atoms with E-state index in [1.165, 1.54) is 16.7 Å². The first-order valence-corrected chi connectivity index (χ1v) is 15.1. The molecule has 0 radical (unpaired) electrons. The standard InChI is InChI=1S/C9H13.C7H7NO.C2H7Si.2ClH.Ti/c1-6-5-7(2)9(4)8(6)3;8-7(9)6-4-2-1-3-5-6;1-3-2;;;/h6H,1-4H3;1-5H,(H2,8,9);3H,1-2H3;2*1H;/q;;;;;+3/p-3. The number of hydrogen-bond donors (Lipinski definition) is 1. The Morgan fingerprint density at radius 1 is 1.04 bits per heavy atom. The Hall–Kier alpha value is -0.319. The maximum absolute atomic E-state index is 12.6. The third-order valence-electron chi connectivity index (χ3n) is 4.79. The van der Waals surface area contributed by atoms with E-state index in [1.54, 1.807) is 3.88 Å². The summed E-state index contributed by atoms with van der Waals surface area (Å²) in [5, 5.41) is 0. The molecule has 1 unspecified atom stereocenters. The smallest absolute Gasteiger partial charge is 1.00 e. The van der Waals surface area contributed by atoms with Gasteiger partial charge in [-0.15, -0.1) is 0 Å². The second-order valence-electron chi connectivity index (χ2n) is 6.46. The van der Waals surface area contributed by atoms with E-state index in [4.69, 9.17) is 0 Å². The fraction of sp³-hybridized carbons (Fsp3) is 0.389. The molecule has 6 heteroatoms. The fourth-order valence-electron chi connectivity index (χ4n) is 3.11. The zero-order valence-corrected chi connectivity index (χ0v) is 19.4. The Labute approximate surface area is 165 Å². The topological polar surface area (TPSA) is 29.1 Å². The van der Waals surface area contributed by atoms with Crippen LogP contribution >= 0.6 is 0 Å². The van der Waals surface area contributed by atoms with E-state index in [2.05, 4.69) is 44.6 Å². The molecule has 0 aliphatic heterocycles. The van der Waals surface area contributed by atoms with E-state index in [9.17, 15) is 4.79 Å². The van der Waals surface area contributed by atoms with Crippen LogP contribution in [0.15, 0.2) is 50.9 Å². The molecule has 0 bridgehead atoms. The van der Waals surface area contributed by atoms with Gasteiger partial charge in [0.25, 0.3) is 0 Å². The molecule has 1 N–H and O–H groups in total. The maximum Gasteiger partial charge on any atom is -1.00 e. The fourth-order valence-corrected chi connectivity index (χ4v) is 13.6. The summed E-state index contributed by atoms with van der Waals surface area (Å²) in [6, 6.07) is 9.62. The first-order chi connectivity index (χ1) is 10.3. The van der Waals surface area contributed by atoms with Crippen molar-refractivity contribution in [1.29, 1.82) is 0 Å². The molecular weight excluding hydrogens is 393 g/mol. The van der Waals surface area contributed by atoms with Gasteiger partial charge < -0.3 is 24.8 Å². The molecule has 2 nitrogen and oxygen atoms in total. The van der Waals surface area contributed by atoms with Gasteiger partial charge in [0.1, 0.15) is 0 Å². The van der Waals surface area contributed by atoms with Gasteiger partial charge in [0.2, 0.25) is 0 Å². The monoisotopic (exact) mass is 418 g/mol. The average molecular weight is 419 g/mol. The van der Waals surface area contributed by atoms with Gasteiger partial charge in [-0.1, -0.05) is 0 Å². The van der Waals surface area contributed by atoms with Crippen LogP contribution in [0.1, 0.15) is 38.1 Å². The van der Waals surface area contributed by atoms with Gasteiger partial charge in [-0.25, -0.2) is 0 Å². The van der Waals surface area contributed by atoms with E-state index in [1.807, 2.05) is 30.3 Å². The number of halogens is 2. The Balaban J connectivity index is 0.00000264. The first kappa shape index (κ1) is 23.7. The van der Waals surface area contributed by atoms with E-state index < -0.39 is 24.0 Å². The summed E-state index contributed by atoms with van der Waals surface area (Å²) in [7, 11) is 0. The molecule has 2 rings (SSSR count). The minimum absolute atomic E-state index is 0. The van der Waals surface area contributed by atoms with Gasteiger partial charge in [0.15, 0.2) is 0 Å². The summed E-state index contributed by atoms with van der Waals surface area (Å²) in [5.41, 5.74) is 5.17. The number of carbonyl (C=O) groups is 1. The third-order valence-corrected chi connectivity index (χ3v) is 16.2. The van der Waals surface area contributed by atoms with Gasteiger partial charge >= 0.3 is 142 Å². The maximum atomic E-state index is 12.6. The quantitative estimate of drug-likeness (QED) is 0.574. The van der Waals surface area contributed by atoms with Crippen LogP contribution in [0.25, 0.3) is 0 Å². The van der Waals surface area contributed by atoms with Crippen molar-refractivity contribution in [2.75, 3.05) is 0 Å². The summed E-state index contributed by atoms with van der Waals surface area (Å²) in [6.07, 6.45) is 0. The molecule has 0 saturated carbocycles. The number of rotatable bonds is 4. The van der Waals surface area contributed by atoms with Crippen molar-refractivity contribution in [2.24, 2.45) is 5.92 Å². The van der Waals surface area contributed by atoms with Crippen molar-refractivity contribution in [3.63, 3.8) is 0 Å². The minimum atomic E-state index is -1.73. The number of carbonyl (C=O) groups excluding carboxylic acids is 1. The molecular formula is C18H26Cl2NOSiTi. The molecule has 0 spiro atoms. The molecule has 0 heterocycles. The molecule has 0 fully saturated rings. The molecule has 24 heavy (non-hydrogen) atoms. The van der Waals surface area contributed by atoms with Crippen molar-refractivity contribution < 1.29 is 47.0 Å². The van der Waals surface area contributed by atoms with E-state index in [-0.39, 0.29) is 30.7 Å². The van der Waals surface area contributed by atoms with Crippen LogP contribution in [0, 0.1) is 5.92 Å². The van der Waals surface area contributed by atoms with Gasteiger partial charge in [0.05, 0.1) is 0 Å². The van der Waals surface area contributed by atoms with Crippen molar-refractivity contribution in [2.45, 2.75) is 40.8 Å². The summed E-state index contributed by atoms with van der Waals surface area (Å²) in [6.45, 7) is 12.9. The van der Waals surface area contributed by atoms with E-state index in [0.29, 0.717) is 5.92 Å². The van der Waals surface area contributed by atoms with Crippen molar-refractivity contribution in [1.82, 2.24) is 3.80 Å². The molecule has 1 aromatic carbocycles. The minimum Gasteiger partial charge on any atom is -1.00 e. The zero-order chi connectivity index (χ0) is 16.4. The Morgan fingerprint density at radius 3 is 2.00 bits per heavy atom. The summed E-state index contributed by atoms with van der Waals surface area (Å²) >= 11 is -1.73. The van der Waals surface area contributed by atoms with Gasteiger partial charge in [-0.2, -0.15) is 0 Å². The number of amides is 1. The molecule has 1 atom stereocenters. The molecule has 131 valence electrons. The predicted molar refractivity (Wildman–Crippen MR) is 93.0 cm³/mol. The van der Waals surface area contributed by atoms with Crippen LogP contribution in [-0.4, -0.2) is 12.6 Å². The largest absolute Gasteiger partial charge is 1.00 e. The van der Waals surface area contributed by atoms with Crippen LogP contribution in [0.3, 0.4) is 0 Å². The number of hydrogen-bond acceptors (Lipinski definition) is 1. The summed E-state index contributed by atoms with van der Waals surface area (Å²) in [5.74, 6) is 0.632. The number of nitrogens with one attached hydrogen (secondary N) is 1. The summed E-state index contributed by atoms with van der Waals surface area (Å²) in [4.78, 5) is 12.6. The van der Waals surface area contributed by atoms with E-state index >= 15 is 0 Å². The van der Waals surface area contributed by atoms with Crippen molar-refractivity contribution in [3.05, 3.63) is 56.5 Å². The van der Waals surface area contributed by atoms with Crippen LogP contribution in [0.4, 0.5) is 0 Å². The van der Waals surface area contributed by atoms with Crippen molar-refractivity contribution in [3.8, 4) is 0 Å². The third kappa shape index (κ3) is 4.86. The van der Waals surface area contributed by atoms with Gasteiger partial charge in [-0.3, -0.25) is 0 Å². The van der Waals surface area contributed by atoms with Crippen molar-refractivity contribution >= 4 is 12.6 Å². The number of benzene rings is 1. The second-order valence-corrected chi connectivity index (χ2v) is 19.1. The molecule has 0 saturated heterocycles. The van der Waals surface area contributed by atoms with Gasteiger partial charge in [-0.05, 0) is 0 Å². The molecule has 1 aliphatic rings. The molecule has 0 aromatic heterocycles. The molecule has 1 amide bonds. The Bertz CT molecular complexity index is 644. The Morgan fingerprint density at radius 2 is 1.58 bits per heavy atom. The Kier molecular flexibility index (Phi) is 9.85. The summed E-state index contributed by atoms with van der Waals surface area (Å²) < 4.78 is 5.08. The SMILES string of the molecule is CC1=C(C)C(C)[C]([Ti+2]([NH]C(=O)c2ccccc2)[SiH](C)C)=C1C.[Cl-].[Cl-]. The second kappa shape index (κ2) is 9.98. The molecule has 1 aliphatic carbocycles. The first-order valence-electron chi connectivity index (χ1n) is 7.96. The average Bonchev–Trinajstić information content (AvgIpc) is 2.69. The van der Waals surface area contributed by atoms with E-state index in [0.717, 1.165) is 5.56 Å². The predicted octanol–water partition coefficient (Wildman–Crippen LogP) is -1.80. The number of allylic oxidation sites excluding steroid dienone is 4. The normalized spacial score (nSPS) is 16.7. The zero-order valence-electron chi connectivity index (χ0n) is 15.2. The van der Waals surface area contributed by atoms with Crippen LogP contribution in [0.2, 0.25) is 13.1 Å². The van der Waals surface area contributed by atoms with Gasteiger partial charge in [0, 0.05) is 0 Å². The van der Waals surface area contributed by atoms with Crippen LogP contribution in [0.5, 0.6) is 0 Å². The van der Waals surface area contributed by atoms with Crippen LogP contribution < -0.4 is 28.6 Å². The van der Waals surface area contributed by atoms with Crippen LogP contribution in [-0.2, 0) is 17.4 Å².